The van der Waals surface area contributed by atoms with Crippen LogP contribution in [0.3, 0.4) is 0 Å². The summed E-state index contributed by atoms with van der Waals surface area (Å²) < 4.78 is 14.6. The summed E-state index contributed by atoms with van der Waals surface area (Å²) in [5, 5.41) is 0. The number of ether oxygens (including phenoxy) is 3. The van der Waals surface area contributed by atoms with Gasteiger partial charge >= 0.3 is 18.0 Å². The Balaban J connectivity index is 2.98. The zero-order valence-electron chi connectivity index (χ0n) is 12.5. The van der Waals surface area contributed by atoms with E-state index in [0.717, 1.165) is 4.90 Å². The molecule has 0 aromatic rings. The fraction of sp³-hybridized carbons (Fsp3) is 0.769. The minimum atomic E-state index is -0.820. The first-order valence-corrected chi connectivity index (χ1v) is 6.38. The third-order valence-corrected chi connectivity index (χ3v) is 2.94. The van der Waals surface area contributed by atoms with Crippen LogP contribution in [-0.4, -0.2) is 54.8 Å². The second-order valence-electron chi connectivity index (χ2n) is 5.54. The summed E-state index contributed by atoms with van der Waals surface area (Å²) in [6.45, 7) is 5.13. The van der Waals surface area contributed by atoms with E-state index < -0.39 is 35.7 Å². The van der Waals surface area contributed by atoms with Crippen molar-refractivity contribution in [2.45, 2.75) is 51.3 Å². The van der Waals surface area contributed by atoms with Crippen molar-refractivity contribution in [3.8, 4) is 0 Å². The van der Waals surface area contributed by atoms with Gasteiger partial charge in [-0.15, -0.1) is 0 Å². The van der Waals surface area contributed by atoms with Crippen LogP contribution in [0.1, 0.15) is 33.6 Å². The van der Waals surface area contributed by atoms with Gasteiger partial charge in [-0.1, -0.05) is 0 Å². The van der Waals surface area contributed by atoms with Gasteiger partial charge in [0.05, 0.1) is 14.2 Å². The molecule has 1 aliphatic rings. The molecule has 0 radical (unpaired) electrons. The van der Waals surface area contributed by atoms with Crippen LogP contribution < -0.4 is 0 Å². The number of likely N-dealkylation sites (tertiary alicyclic amines) is 1. The van der Waals surface area contributed by atoms with Gasteiger partial charge in [0, 0.05) is 0 Å². The van der Waals surface area contributed by atoms with Crippen LogP contribution in [0.15, 0.2) is 0 Å². The number of carbonyl (C=O) groups excluding carboxylic acids is 3. The lowest BCUT2D eigenvalue weighted by Gasteiger charge is -2.30. The van der Waals surface area contributed by atoms with Crippen LogP contribution in [0.4, 0.5) is 4.79 Å². The molecule has 1 saturated heterocycles. The van der Waals surface area contributed by atoms with E-state index in [4.69, 9.17) is 4.74 Å². The van der Waals surface area contributed by atoms with E-state index >= 15 is 0 Å². The molecule has 0 spiro atoms. The first kappa shape index (κ1) is 16.3. The van der Waals surface area contributed by atoms with Crippen molar-refractivity contribution in [1.82, 2.24) is 4.90 Å². The second-order valence-corrected chi connectivity index (χ2v) is 5.54. The van der Waals surface area contributed by atoms with Gasteiger partial charge in [0.2, 0.25) is 0 Å². The van der Waals surface area contributed by atoms with Gasteiger partial charge in [-0.25, -0.2) is 14.4 Å². The van der Waals surface area contributed by atoms with E-state index in [1.807, 2.05) is 0 Å². The average Bonchev–Trinajstić information content (AvgIpc) is 2.79. The van der Waals surface area contributed by atoms with Gasteiger partial charge in [-0.3, -0.25) is 4.90 Å². The quantitative estimate of drug-likeness (QED) is 0.559. The highest BCUT2D eigenvalue weighted by atomic mass is 16.6. The van der Waals surface area contributed by atoms with Crippen molar-refractivity contribution < 1.29 is 28.6 Å². The molecule has 0 unspecified atom stereocenters. The molecule has 1 amide bonds. The van der Waals surface area contributed by atoms with E-state index in [-0.39, 0.29) is 0 Å². The SMILES string of the molecule is COC(=O)[C@H]1CC[C@H](C(=O)OC)N1C(=O)OC(C)(C)C. The maximum atomic E-state index is 12.2. The summed E-state index contributed by atoms with van der Waals surface area (Å²) in [6, 6.07) is -1.64. The molecule has 7 nitrogen and oxygen atoms in total. The molecule has 0 aliphatic carbocycles. The molecule has 114 valence electrons. The Morgan fingerprint density at radius 1 is 0.950 bits per heavy atom. The molecule has 0 aromatic heterocycles. The molecule has 0 N–H and O–H groups in total. The van der Waals surface area contributed by atoms with Gasteiger partial charge in [0.15, 0.2) is 0 Å². The standard InChI is InChI=1S/C13H21NO6/c1-13(2,3)20-12(17)14-8(10(15)18-4)6-7-9(14)11(16)19-5/h8-9H,6-7H2,1-5H3/t8-,9-/m1/s1. The van der Waals surface area contributed by atoms with Crippen molar-refractivity contribution in [2.24, 2.45) is 0 Å². The Bertz CT molecular complexity index is 376. The first-order chi connectivity index (χ1) is 9.21. The van der Waals surface area contributed by atoms with Crippen LogP contribution >= 0.6 is 0 Å². The lowest BCUT2D eigenvalue weighted by Crippen LogP contribution is -2.50. The Labute approximate surface area is 118 Å². The molecule has 7 heteroatoms. The fourth-order valence-corrected chi connectivity index (χ4v) is 2.12. The lowest BCUT2D eigenvalue weighted by molar-refractivity contribution is -0.150. The van der Waals surface area contributed by atoms with Gasteiger partial charge < -0.3 is 14.2 Å². The first-order valence-electron chi connectivity index (χ1n) is 6.38. The molecule has 1 rings (SSSR count). The minimum Gasteiger partial charge on any atom is -0.467 e. The predicted octanol–water partition coefficient (Wildman–Crippen LogP) is 1.10. The number of hydrogen-bond acceptors (Lipinski definition) is 6. The molecule has 1 aliphatic heterocycles. The topological polar surface area (TPSA) is 82.1 Å². The molecule has 1 heterocycles. The van der Waals surface area contributed by atoms with E-state index in [0.29, 0.717) is 12.8 Å². The van der Waals surface area contributed by atoms with Gasteiger partial charge in [-0.2, -0.15) is 0 Å². The number of methoxy groups -OCH3 is 2. The maximum absolute atomic E-state index is 12.2. The van der Waals surface area contributed by atoms with E-state index in [2.05, 4.69) is 9.47 Å². The molecule has 0 saturated carbocycles. The van der Waals surface area contributed by atoms with Gasteiger partial charge in [0.25, 0.3) is 0 Å². The number of rotatable bonds is 2. The van der Waals surface area contributed by atoms with Crippen LogP contribution in [0.25, 0.3) is 0 Å². The van der Waals surface area contributed by atoms with Crippen LogP contribution in [0, 0.1) is 0 Å². The zero-order valence-corrected chi connectivity index (χ0v) is 12.5. The van der Waals surface area contributed by atoms with Crippen molar-refractivity contribution in [2.75, 3.05) is 14.2 Å². The van der Waals surface area contributed by atoms with Crippen LogP contribution in [0.5, 0.6) is 0 Å². The summed E-state index contributed by atoms with van der Waals surface area (Å²) in [4.78, 5) is 36.8. The van der Waals surface area contributed by atoms with Crippen LogP contribution in [0.2, 0.25) is 0 Å². The second kappa shape index (κ2) is 6.11. The number of nitrogens with zero attached hydrogens (tertiary/aromatic N) is 1. The molecule has 1 fully saturated rings. The highest BCUT2D eigenvalue weighted by molar-refractivity contribution is 5.88. The Morgan fingerprint density at radius 2 is 1.35 bits per heavy atom. The van der Waals surface area contributed by atoms with Gasteiger partial charge in [0.1, 0.15) is 17.7 Å². The van der Waals surface area contributed by atoms with Crippen molar-refractivity contribution in [3.05, 3.63) is 0 Å². The molecule has 2 atom stereocenters. The number of hydrogen-bond donors (Lipinski definition) is 0. The third kappa shape index (κ3) is 3.61. The summed E-state index contributed by atoms with van der Waals surface area (Å²) >= 11 is 0. The molecule has 0 bridgehead atoms. The monoisotopic (exact) mass is 287 g/mol. The summed E-state index contributed by atoms with van der Waals surface area (Å²) in [5.41, 5.74) is -0.721. The summed E-state index contributed by atoms with van der Waals surface area (Å²) in [7, 11) is 2.47. The van der Waals surface area contributed by atoms with Crippen molar-refractivity contribution >= 4 is 18.0 Å². The summed E-state index contributed by atoms with van der Waals surface area (Å²) in [6.07, 6.45) is -0.0435. The lowest BCUT2D eigenvalue weighted by atomic mass is 10.2. The Morgan fingerprint density at radius 3 is 1.65 bits per heavy atom. The Kier molecular flexibility index (Phi) is 4.97. The number of carbonyl (C=O) groups is 3. The van der Waals surface area contributed by atoms with Crippen molar-refractivity contribution in [1.29, 1.82) is 0 Å². The van der Waals surface area contributed by atoms with E-state index in [1.54, 1.807) is 20.8 Å². The van der Waals surface area contributed by atoms with Gasteiger partial charge in [-0.05, 0) is 33.6 Å². The fourth-order valence-electron chi connectivity index (χ4n) is 2.12. The van der Waals surface area contributed by atoms with E-state index in [9.17, 15) is 14.4 Å². The molecule has 0 aromatic carbocycles. The minimum absolute atomic E-state index is 0.339. The highest BCUT2D eigenvalue weighted by Crippen LogP contribution is 2.28. The number of esters is 2. The van der Waals surface area contributed by atoms with Crippen LogP contribution in [-0.2, 0) is 23.8 Å². The summed E-state index contributed by atoms with van der Waals surface area (Å²) in [5.74, 6) is -1.13. The molecule has 20 heavy (non-hydrogen) atoms. The predicted molar refractivity (Wildman–Crippen MR) is 68.9 cm³/mol. The van der Waals surface area contributed by atoms with E-state index in [1.165, 1.54) is 14.2 Å². The molecular formula is C13H21NO6. The molecular weight excluding hydrogens is 266 g/mol. The smallest absolute Gasteiger partial charge is 0.411 e. The maximum Gasteiger partial charge on any atom is 0.411 e. The zero-order chi connectivity index (χ0) is 15.5. The highest BCUT2D eigenvalue weighted by Gasteiger charge is 2.47. The average molecular weight is 287 g/mol. The third-order valence-electron chi connectivity index (χ3n) is 2.94. The Hall–Kier alpha value is -1.79. The normalized spacial score (nSPS) is 22.4. The largest absolute Gasteiger partial charge is 0.467 e. The number of amides is 1. The van der Waals surface area contributed by atoms with Crippen molar-refractivity contribution in [3.63, 3.8) is 0 Å².